The molecule has 0 bridgehead atoms. The van der Waals surface area contributed by atoms with Crippen LogP contribution in [0.4, 0.5) is 14.5 Å². The number of thioether (sulfide) groups is 1. The van der Waals surface area contributed by atoms with Gasteiger partial charge in [-0.05, 0) is 37.9 Å². The third-order valence-electron chi connectivity index (χ3n) is 4.65. The van der Waals surface area contributed by atoms with Crippen LogP contribution in [-0.4, -0.2) is 42.4 Å². The van der Waals surface area contributed by atoms with E-state index in [0.717, 1.165) is 25.2 Å². The fraction of sp³-hybridized carbons (Fsp3) is 0.625. The topological polar surface area (TPSA) is 6.48 Å². The van der Waals surface area contributed by atoms with E-state index in [1.807, 2.05) is 24.3 Å². The molecule has 0 aromatic heterocycles. The van der Waals surface area contributed by atoms with E-state index < -0.39 is 5.76 Å². The molecular weight excluding hydrogens is 290 g/mol. The Morgan fingerprint density at radius 2 is 2.10 bits per heavy atom. The summed E-state index contributed by atoms with van der Waals surface area (Å²) in [5.41, 5.74) is 0.987. The number of para-hydroxylation sites is 1. The molecular formula is C16H22F2N2S. The van der Waals surface area contributed by atoms with Crippen molar-refractivity contribution in [2.24, 2.45) is 0 Å². The maximum atomic E-state index is 12.8. The van der Waals surface area contributed by atoms with Gasteiger partial charge in [-0.25, -0.2) is 0 Å². The van der Waals surface area contributed by atoms with E-state index in [1.54, 1.807) is 0 Å². The first kappa shape index (κ1) is 15.1. The van der Waals surface area contributed by atoms with Gasteiger partial charge in [0.2, 0.25) is 0 Å². The van der Waals surface area contributed by atoms with Gasteiger partial charge < -0.3 is 4.90 Å². The molecule has 2 fully saturated rings. The van der Waals surface area contributed by atoms with Crippen LogP contribution in [0.1, 0.15) is 26.2 Å². The molecule has 2 aliphatic rings. The van der Waals surface area contributed by atoms with Crippen LogP contribution in [0.15, 0.2) is 29.2 Å². The van der Waals surface area contributed by atoms with Gasteiger partial charge in [0.05, 0.1) is 5.69 Å². The van der Waals surface area contributed by atoms with E-state index in [1.165, 1.54) is 19.4 Å². The second-order valence-electron chi connectivity index (χ2n) is 5.85. The molecule has 0 amide bonds. The average Bonchev–Trinajstić information content (AvgIpc) is 2.93. The van der Waals surface area contributed by atoms with Crippen molar-refractivity contribution < 1.29 is 8.78 Å². The standard InChI is InChI=1S/C16H22F2N2S/c1-2-12-10-19-9-5-6-13(19)11-20(12)14-7-3-4-8-15(14)21-16(17)18/h3-4,7-8,12-13,16H,2,5-6,9-11H2,1H3. The molecule has 0 saturated carbocycles. The Balaban J connectivity index is 1.87. The summed E-state index contributed by atoms with van der Waals surface area (Å²) in [6.45, 7) is 5.42. The van der Waals surface area contributed by atoms with E-state index in [2.05, 4.69) is 16.7 Å². The van der Waals surface area contributed by atoms with Gasteiger partial charge in [-0.3, -0.25) is 4.90 Å². The second-order valence-corrected chi connectivity index (χ2v) is 6.88. The van der Waals surface area contributed by atoms with Gasteiger partial charge in [-0.1, -0.05) is 30.8 Å². The number of hydrogen-bond donors (Lipinski definition) is 0. The summed E-state index contributed by atoms with van der Waals surface area (Å²) in [7, 11) is 0. The fourth-order valence-corrected chi connectivity index (χ4v) is 4.28. The van der Waals surface area contributed by atoms with Crippen LogP contribution in [0.3, 0.4) is 0 Å². The second kappa shape index (κ2) is 6.53. The zero-order valence-electron chi connectivity index (χ0n) is 12.3. The fourth-order valence-electron chi connectivity index (χ4n) is 3.62. The normalized spacial score (nSPS) is 26.4. The quantitative estimate of drug-likeness (QED) is 0.774. The highest BCUT2D eigenvalue weighted by atomic mass is 32.2. The molecule has 2 atom stereocenters. The number of benzene rings is 1. The van der Waals surface area contributed by atoms with Crippen LogP contribution in [0.2, 0.25) is 0 Å². The summed E-state index contributed by atoms with van der Waals surface area (Å²) >= 11 is 0.668. The van der Waals surface area contributed by atoms with Gasteiger partial charge in [-0.15, -0.1) is 0 Å². The molecule has 0 radical (unpaired) electrons. The lowest BCUT2D eigenvalue weighted by atomic mass is 10.0. The van der Waals surface area contributed by atoms with Crippen LogP contribution >= 0.6 is 11.8 Å². The molecule has 0 aliphatic carbocycles. The first-order chi connectivity index (χ1) is 10.2. The van der Waals surface area contributed by atoms with E-state index in [9.17, 15) is 8.78 Å². The first-order valence-electron chi connectivity index (χ1n) is 7.73. The lowest BCUT2D eigenvalue weighted by Crippen LogP contribution is -2.56. The number of anilines is 1. The number of halogens is 2. The average molecular weight is 312 g/mol. The van der Waals surface area contributed by atoms with E-state index in [4.69, 9.17) is 0 Å². The van der Waals surface area contributed by atoms with Crippen LogP contribution in [0, 0.1) is 0 Å². The Hall–Kier alpha value is -0.810. The van der Waals surface area contributed by atoms with Crippen molar-refractivity contribution in [2.45, 2.75) is 48.9 Å². The van der Waals surface area contributed by atoms with Crippen LogP contribution in [-0.2, 0) is 0 Å². The van der Waals surface area contributed by atoms with Crippen molar-refractivity contribution in [3.05, 3.63) is 24.3 Å². The van der Waals surface area contributed by atoms with Crippen LogP contribution < -0.4 is 4.90 Å². The van der Waals surface area contributed by atoms with Crippen LogP contribution in [0.5, 0.6) is 0 Å². The molecule has 1 aromatic carbocycles. The Kier molecular flexibility index (Phi) is 4.69. The van der Waals surface area contributed by atoms with Gasteiger partial charge in [0, 0.05) is 30.1 Å². The van der Waals surface area contributed by atoms with Crippen LogP contribution in [0.25, 0.3) is 0 Å². The minimum absolute atomic E-state index is 0.429. The highest BCUT2D eigenvalue weighted by Crippen LogP contribution is 2.37. The number of hydrogen-bond acceptors (Lipinski definition) is 3. The summed E-state index contributed by atoms with van der Waals surface area (Å²) in [5, 5.41) is 0. The third kappa shape index (κ3) is 3.19. The Morgan fingerprint density at radius 3 is 2.86 bits per heavy atom. The number of alkyl halides is 2. The predicted molar refractivity (Wildman–Crippen MR) is 84.3 cm³/mol. The van der Waals surface area contributed by atoms with Gasteiger partial charge >= 0.3 is 0 Å². The molecule has 1 aromatic rings. The van der Waals surface area contributed by atoms with Crippen molar-refractivity contribution in [1.82, 2.24) is 4.90 Å². The predicted octanol–water partition coefficient (Wildman–Crippen LogP) is 4.06. The summed E-state index contributed by atoms with van der Waals surface area (Å²) in [4.78, 5) is 5.66. The highest BCUT2D eigenvalue weighted by molar-refractivity contribution is 7.99. The van der Waals surface area contributed by atoms with Gasteiger partial charge in [-0.2, -0.15) is 8.78 Å². The van der Waals surface area contributed by atoms with Crippen molar-refractivity contribution >= 4 is 17.4 Å². The molecule has 2 nitrogen and oxygen atoms in total. The number of nitrogens with zero attached hydrogens (tertiary/aromatic N) is 2. The molecule has 21 heavy (non-hydrogen) atoms. The molecule has 0 N–H and O–H groups in total. The van der Waals surface area contributed by atoms with Crippen molar-refractivity contribution in [3.63, 3.8) is 0 Å². The van der Waals surface area contributed by atoms with E-state index >= 15 is 0 Å². The number of rotatable bonds is 4. The third-order valence-corrected chi connectivity index (χ3v) is 5.43. The molecule has 5 heteroatoms. The van der Waals surface area contributed by atoms with Crippen molar-refractivity contribution in [3.8, 4) is 0 Å². The molecule has 2 heterocycles. The molecule has 116 valence electrons. The molecule has 2 saturated heterocycles. The zero-order chi connectivity index (χ0) is 14.8. The van der Waals surface area contributed by atoms with E-state index in [0.29, 0.717) is 28.7 Å². The molecule has 2 unspecified atom stereocenters. The largest absolute Gasteiger partial charge is 0.365 e. The van der Waals surface area contributed by atoms with Gasteiger partial charge in [0.1, 0.15) is 0 Å². The van der Waals surface area contributed by atoms with Gasteiger partial charge in [0.25, 0.3) is 5.76 Å². The smallest absolute Gasteiger partial charge is 0.288 e. The molecule has 0 spiro atoms. The highest BCUT2D eigenvalue weighted by Gasteiger charge is 2.36. The number of fused-ring (bicyclic) bond motifs is 1. The SMILES string of the molecule is CCC1CN2CCCC2CN1c1ccccc1SC(F)F. The maximum absolute atomic E-state index is 12.8. The monoisotopic (exact) mass is 312 g/mol. The summed E-state index contributed by atoms with van der Waals surface area (Å²) < 4.78 is 25.6. The zero-order valence-corrected chi connectivity index (χ0v) is 13.2. The maximum Gasteiger partial charge on any atom is 0.288 e. The summed E-state index contributed by atoms with van der Waals surface area (Å²) in [5.74, 6) is -2.36. The lowest BCUT2D eigenvalue weighted by Gasteiger charge is -2.45. The van der Waals surface area contributed by atoms with Gasteiger partial charge in [0.15, 0.2) is 0 Å². The Morgan fingerprint density at radius 1 is 1.29 bits per heavy atom. The molecule has 2 aliphatic heterocycles. The summed E-state index contributed by atoms with van der Waals surface area (Å²) in [6, 6.07) is 8.65. The minimum atomic E-state index is -2.36. The van der Waals surface area contributed by atoms with E-state index in [-0.39, 0.29) is 0 Å². The molecule has 3 rings (SSSR count). The van der Waals surface area contributed by atoms with Crippen molar-refractivity contribution in [2.75, 3.05) is 24.5 Å². The minimum Gasteiger partial charge on any atom is -0.365 e. The van der Waals surface area contributed by atoms with Crippen molar-refractivity contribution in [1.29, 1.82) is 0 Å². The summed E-state index contributed by atoms with van der Waals surface area (Å²) in [6.07, 6.45) is 3.55. The number of piperazine rings is 1. The lowest BCUT2D eigenvalue weighted by molar-refractivity contribution is 0.194. The Bertz CT molecular complexity index is 483. The Labute approximate surface area is 129 Å². The first-order valence-corrected chi connectivity index (χ1v) is 8.61.